The zero-order valence-corrected chi connectivity index (χ0v) is 13.6. The topological polar surface area (TPSA) is 59.6 Å². The average molecular weight is 306 g/mol. The number of rotatable bonds is 7. The Balaban J connectivity index is 1.87. The standard InChI is InChI=1S/C17H26N2O3/c1-12(13-6-8-15(21-2)16(11-13)22-3)19-17(20)9-7-14-5-4-10-18-14/h6,8,11-12,14,18H,4-5,7,9-10H2,1-3H3,(H,19,20). The SMILES string of the molecule is COc1ccc(C(C)NC(=O)CCC2CCCN2)cc1OC. The van der Waals surface area contributed by atoms with Crippen LogP contribution < -0.4 is 20.1 Å². The van der Waals surface area contributed by atoms with Crippen LogP contribution in [-0.2, 0) is 4.79 Å². The molecule has 1 amide bonds. The van der Waals surface area contributed by atoms with Crippen LogP contribution in [0, 0.1) is 0 Å². The van der Waals surface area contributed by atoms with Crippen molar-refractivity contribution in [3.63, 3.8) is 0 Å². The van der Waals surface area contributed by atoms with Gasteiger partial charge in [-0.15, -0.1) is 0 Å². The highest BCUT2D eigenvalue weighted by molar-refractivity contribution is 5.76. The summed E-state index contributed by atoms with van der Waals surface area (Å²) in [7, 11) is 3.22. The fraction of sp³-hybridized carbons (Fsp3) is 0.588. The Labute approximate surface area is 132 Å². The molecule has 1 fully saturated rings. The van der Waals surface area contributed by atoms with Crippen LogP contribution in [0.4, 0.5) is 0 Å². The molecule has 2 rings (SSSR count). The van der Waals surface area contributed by atoms with Crippen molar-refractivity contribution in [2.75, 3.05) is 20.8 Å². The zero-order valence-electron chi connectivity index (χ0n) is 13.6. The van der Waals surface area contributed by atoms with Crippen molar-refractivity contribution in [3.05, 3.63) is 23.8 Å². The summed E-state index contributed by atoms with van der Waals surface area (Å²) in [6, 6.07) is 6.16. The molecule has 1 aromatic carbocycles. The van der Waals surface area contributed by atoms with E-state index in [9.17, 15) is 4.79 Å². The van der Waals surface area contributed by atoms with Crippen LogP contribution in [0.5, 0.6) is 11.5 Å². The van der Waals surface area contributed by atoms with E-state index in [0.29, 0.717) is 24.0 Å². The minimum atomic E-state index is -0.0520. The second-order valence-corrected chi connectivity index (χ2v) is 5.74. The summed E-state index contributed by atoms with van der Waals surface area (Å²) in [5.41, 5.74) is 1.00. The number of methoxy groups -OCH3 is 2. The second-order valence-electron chi connectivity index (χ2n) is 5.74. The van der Waals surface area contributed by atoms with E-state index in [0.717, 1.165) is 18.5 Å². The minimum absolute atomic E-state index is 0.0520. The minimum Gasteiger partial charge on any atom is -0.493 e. The molecule has 1 heterocycles. The lowest BCUT2D eigenvalue weighted by atomic mass is 10.1. The van der Waals surface area contributed by atoms with E-state index in [1.54, 1.807) is 14.2 Å². The number of benzene rings is 1. The Bertz CT molecular complexity index is 499. The van der Waals surface area contributed by atoms with Gasteiger partial charge in [0, 0.05) is 12.5 Å². The first-order valence-electron chi connectivity index (χ1n) is 7.88. The van der Waals surface area contributed by atoms with E-state index < -0.39 is 0 Å². The quantitative estimate of drug-likeness (QED) is 0.812. The van der Waals surface area contributed by atoms with Gasteiger partial charge in [-0.1, -0.05) is 6.07 Å². The van der Waals surface area contributed by atoms with E-state index in [-0.39, 0.29) is 11.9 Å². The smallest absolute Gasteiger partial charge is 0.220 e. The molecule has 1 aromatic rings. The molecule has 5 heteroatoms. The highest BCUT2D eigenvalue weighted by atomic mass is 16.5. The van der Waals surface area contributed by atoms with Crippen LogP contribution in [0.1, 0.15) is 44.2 Å². The molecule has 0 aliphatic carbocycles. The van der Waals surface area contributed by atoms with Gasteiger partial charge in [0.15, 0.2) is 11.5 Å². The third-order valence-corrected chi connectivity index (χ3v) is 4.17. The Kier molecular flexibility index (Phi) is 6.07. The molecule has 22 heavy (non-hydrogen) atoms. The van der Waals surface area contributed by atoms with Gasteiger partial charge in [-0.2, -0.15) is 0 Å². The van der Waals surface area contributed by atoms with Crippen LogP contribution in [0.25, 0.3) is 0 Å². The van der Waals surface area contributed by atoms with Crippen LogP contribution in [0.3, 0.4) is 0 Å². The summed E-state index contributed by atoms with van der Waals surface area (Å²) < 4.78 is 10.5. The van der Waals surface area contributed by atoms with Gasteiger partial charge in [-0.05, 0) is 50.4 Å². The largest absolute Gasteiger partial charge is 0.493 e. The fourth-order valence-electron chi connectivity index (χ4n) is 2.83. The summed E-state index contributed by atoms with van der Waals surface area (Å²) in [6.45, 7) is 3.06. The first-order valence-corrected chi connectivity index (χ1v) is 7.88. The molecule has 1 aliphatic heterocycles. The van der Waals surface area contributed by atoms with Crippen molar-refractivity contribution >= 4 is 5.91 Å². The number of hydrogen-bond acceptors (Lipinski definition) is 4. The second kappa shape index (κ2) is 8.03. The van der Waals surface area contributed by atoms with Crippen LogP contribution in [0.2, 0.25) is 0 Å². The normalized spacial score (nSPS) is 18.8. The highest BCUT2D eigenvalue weighted by Gasteiger charge is 2.17. The number of ether oxygens (including phenoxy) is 2. The Morgan fingerprint density at radius 1 is 1.36 bits per heavy atom. The van der Waals surface area contributed by atoms with Crippen LogP contribution in [-0.4, -0.2) is 32.7 Å². The Hall–Kier alpha value is -1.75. The molecule has 5 nitrogen and oxygen atoms in total. The van der Waals surface area contributed by atoms with Gasteiger partial charge < -0.3 is 20.1 Å². The molecule has 0 bridgehead atoms. The number of hydrogen-bond donors (Lipinski definition) is 2. The first kappa shape index (κ1) is 16.6. The molecule has 0 spiro atoms. The maximum absolute atomic E-state index is 12.1. The Morgan fingerprint density at radius 2 is 2.14 bits per heavy atom. The van der Waals surface area contributed by atoms with E-state index in [1.165, 1.54) is 12.8 Å². The van der Waals surface area contributed by atoms with Gasteiger partial charge in [-0.25, -0.2) is 0 Å². The monoisotopic (exact) mass is 306 g/mol. The molecule has 2 unspecified atom stereocenters. The summed E-state index contributed by atoms with van der Waals surface area (Å²) in [5, 5.41) is 6.46. The molecule has 122 valence electrons. The third kappa shape index (κ3) is 4.37. The lowest BCUT2D eigenvalue weighted by molar-refractivity contribution is -0.121. The summed E-state index contributed by atoms with van der Waals surface area (Å²) >= 11 is 0. The van der Waals surface area contributed by atoms with Gasteiger partial charge in [0.05, 0.1) is 20.3 Å². The number of carbonyl (C=O) groups is 1. The molecule has 1 saturated heterocycles. The fourth-order valence-corrected chi connectivity index (χ4v) is 2.83. The van der Waals surface area contributed by atoms with E-state index in [4.69, 9.17) is 9.47 Å². The van der Waals surface area contributed by atoms with Crippen molar-refractivity contribution in [2.45, 2.75) is 44.7 Å². The average Bonchev–Trinajstić information content (AvgIpc) is 3.05. The molecule has 2 atom stereocenters. The van der Waals surface area contributed by atoms with Crippen molar-refractivity contribution in [2.24, 2.45) is 0 Å². The third-order valence-electron chi connectivity index (χ3n) is 4.17. The maximum atomic E-state index is 12.1. The maximum Gasteiger partial charge on any atom is 0.220 e. The van der Waals surface area contributed by atoms with Gasteiger partial charge in [-0.3, -0.25) is 4.79 Å². The number of nitrogens with one attached hydrogen (secondary N) is 2. The molecular formula is C17H26N2O3. The summed E-state index contributed by atoms with van der Waals surface area (Å²) in [6.07, 6.45) is 3.87. The molecule has 0 saturated carbocycles. The summed E-state index contributed by atoms with van der Waals surface area (Å²) in [5.74, 6) is 1.46. The van der Waals surface area contributed by atoms with Crippen LogP contribution in [0.15, 0.2) is 18.2 Å². The Morgan fingerprint density at radius 3 is 2.77 bits per heavy atom. The molecular weight excluding hydrogens is 280 g/mol. The van der Waals surface area contributed by atoms with Crippen molar-refractivity contribution < 1.29 is 14.3 Å². The predicted octanol–water partition coefficient (Wildman–Crippen LogP) is 2.41. The zero-order chi connectivity index (χ0) is 15.9. The molecule has 0 aromatic heterocycles. The lowest BCUT2D eigenvalue weighted by Crippen LogP contribution is -2.29. The van der Waals surface area contributed by atoms with Gasteiger partial charge >= 0.3 is 0 Å². The highest BCUT2D eigenvalue weighted by Crippen LogP contribution is 2.29. The summed E-state index contributed by atoms with van der Waals surface area (Å²) in [4.78, 5) is 12.1. The van der Waals surface area contributed by atoms with E-state index >= 15 is 0 Å². The lowest BCUT2D eigenvalue weighted by Gasteiger charge is -2.17. The van der Waals surface area contributed by atoms with Crippen molar-refractivity contribution in [3.8, 4) is 11.5 Å². The van der Waals surface area contributed by atoms with E-state index in [1.807, 2.05) is 25.1 Å². The number of carbonyl (C=O) groups excluding carboxylic acids is 1. The molecule has 0 radical (unpaired) electrons. The van der Waals surface area contributed by atoms with Crippen molar-refractivity contribution in [1.29, 1.82) is 0 Å². The predicted molar refractivity (Wildman–Crippen MR) is 86.4 cm³/mol. The van der Waals surface area contributed by atoms with Gasteiger partial charge in [0.2, 0.25) is 5.91 Å². The van der Waals surface area contributed by atoms with Gasteiger partial charge in [0.1, 0.15) is 0 Å². The first-order chi connectivity index (χ1) is 10.6. The van der Waals surface area contributed by atoms with Gasteiger partial charge in [0.25, 0.3) is 0 Å². The van der Waals surface area contributed by atoms with E-state index in [2.05, 4.69) is 10.6 Å². The van der Waals surface area contributed by atoms with Crippen molar-refractivity contribution in [1.82, 2.24) is 10.6 Å². The molecule has 2 N–H and O–H groups in total. The van der Waals surface area contributed by atoms with Crippen LogP contribution >= 0.6 is 0 Å². The number of amides is 1. The molecule has 1 aliphatic rings.